The SMILES string of the molecule is CC1CC(NC2CCN(C)C2)CN1C. The maximum atomic E-state index is 3.79. The van der Waals surface area contributed by atoms with Crippen LogP contribution in [0.1, 0.15) is 19.8 Å². The number of hydrogen-bond acceptors (Lipinski definition) is 3. The van der Waals surface area contributed by atoms with Gasteiger partial charge in [0, 0.05) is 31.2 Å². The van der Waals surface area contributed by atoms with E-state index in [4.69, 9.17) is 0 Å². The number of likely N-dealkylation sites (tertiary alicyclic amines) is 2. The zero-order valence-corrected chi connectivity index (χ0v) is 9.66. The minimum Gasteiger partial charge on any atom is -0.309 e. The molecule has 1 N–H and O–H groups in total. The van der Waals surface area contributed by atoms with Gasteiger partial charge in [0.05, 0.1) is 0 Å². The molecule has 0 aliphatic carbocycles. The Balaban J connectivity index is 1.76. The third-order valence-corrected chi connectivity index (χ3v) is 3.75. The molecule has 3 unspecified atom stereocenters. The van der Waals surface area contributed by atoms with Crippen LogP contribution in [0.25, 0.3) is 0 Å². The summed E-state index contributed by atoms with van der Waals surface area (Å²) < 4.78 is 0. The van der Waals surface area contributed by atoms with Gasteiger partial charge in [0.15, 0.2) is 0 Å². The summed E-state index contributed by atoms with van der Waals surface area (Å²) in [6.45, 7) is 6.04. The predicted octanol–water partition coefficient (Wildman–Crippen LogP) is 0.373. The molecule has 2 aliphatic rings. The standard InChI is InChI=1S/C11H23N3/c1-9-6-11(8-14(9)3)12-10-4-5-13(2)7-10/h9-12H,4-8H2,1-3H3. The van der Waals surface area contributed by atoms with Gasteiger partial charge in [-0.3, -0.25) is 0 Å². The van der Waals surface area contributed by atoms with Crippen molar-refractivity contribution in [1.82, 2.24) is 15.1 Å². The lowest BCUT2D eigenvalue weighted by Crippen LogP contribution is -2.40. The normalized spacial score (nSPS) is 40.9. The van der Waals surface area contributed by atoms with E-state index in [0.717, 1.165) is 18.1 Å². The molecule has 2 heterocycles. The number of rotatable bonds is 2. The van der Waals surface area contributed by atoms with E-state index in [0.29, 0.717) is 0 Å². The highest BCUT2D eigenvalue weighted by molar-refractivity contribution is 4.89. The summed E-state index contributed by atoms with van der Waals surface area (Å²) >= 11 is 0. The topological polar surface area (TPSA) is 18.5 Å². The first-order valence-electron chi connectivity index (χ1n) is 5.80. The van der Waals surface area contributed by atoms with Crippen molar-refractivity contribution in [2.75, 3.05) is 33.7 Å². The van der Waals surface area contributed by atoms with Crippen LogP contribution in [0.2, 0.25) is 0 Å². The van der Waals surface area contributed by atoms with Gasteiger partial charge in [0.25, 0.3) is 0 Å². The molecular weight excluding hydrogens is 174 g/mol. The lowest BCUT2D eigenvalue weighted by atomic mass is 10.1. The van der Waals surface area contributed by atoms with Gasteiger partial charge in [0.1, 0.15) is 0 Å². The van der Waals surface area contributed by atoms with Crippen LogP contribution < -0.4 is 5.32 Å². The van der Waals surface area contributed by atoms with Crippen LogP contribution >= 0.6 is 0 Å². The first-order chi connectivity index (χ1) is 6.65. The Morgan fingerprint density at radius 1 is 1.14 bits per heavy atom. The fraction of sp³-hybridized carbons (Fsp3) is 1.00. The smallest absolute Gasteiger partial charge is 0.0212 e. The molecule has 0 saturated carbocycles. The molecule has 0 bridgehead atoms. The average molecular weight is 197 g/mol. The second kappa shape index (κ2) is 4.17. The third-order valence-electron chi connectivity index (χ3n) is 3.75. The first kappa shape index (κ1) is 10.4. The van der Waals surface area contributed by atoms with Crippen molar-refractivity contribution in [3.05, 3.63) is 0 Å². The Hall–Kier alpha value is -0.120. The van der Waals surface area contributed by atoms with Gasteiger partial charge in [-0.25, -0.2) is 0 Å². The van der Waals surface area contributed by atoms with E-state index in [-0.39, 0.29) is 0 Å². The highest BCUT2D eigenvalue weighted by atomic mass is 15.2. The van der Waals surface area contributed by atoms with E-state index in [1.807, 2.05) is 0 Å². The average Bonchev–Trinajstić information content (AvgIpc) is 2.62. The summed E-state index contributed by atoms with van der Waals surface area (Å²) in [4.78, 5) is 4.87. The molecule has 0 aromatic carbocycles. The molecule has 0 aromatic rings. The lowest BCUT2D eigenvalue weighted by molar-refractivity contribution is 0.323. The van der Waals surface area contributed by atoms with Crippen LogP contribution in [-0.4, -0.2) is 61.7 Å². The zero-order valence-electron chi connectivity index (χ0n) is 9.66. The Morgan fingerprint density at radius 2 is 1.93 bits per heavy atom. The molecule has 3 nitrogen and oxygen atoms in total. The van der Waals surface area contributed by atoms with Gasteiger partial charge in [-0.1, -0.05) is 0 Å². The van der Waals surface area contributed by atoms with Crippen molar-refractivity contribution >= 4 is 0 Å². The number of hydrogen-bond donors (Lipinski definition) is 1. The largest absolute Gasteiger partial charge is 0.309 e. The molecule has 3 atom stereocenters. The van der Waals surface area contributed by atoms with Crippen LogP contribution in [0.4, 0.5) is 0 Å². The zero-order chi connectivity index (χ0) is 10.1. The molecule has 3 heteroatoms. The van der Waals surface area contributed by atoms with Crippen molar-refractivity contribution in [1.29, 1.82) is 0 Å². The maximum absolute atomic E-state index is 3.79. The first-order valence-corrected chi connectivity index (χ1v) is 5.80. The van der Waals surface area contributed by atoms with Gasteiger partial charge in [0.2, 0.25) is 0 Å². The van der Waals surface area contributed by atoms with Gasteiger partial charge >= 0.3 is 0 Å². The quantitative estimate of drug-likeness (QED) is 0.690. The molecule has 14 heavy (non-hydrogen) atoms. The van der Waals surface area contributed by atoms with Crippen molar-refractivity contribution < 1.29 is 0 Å². The molecule has 0 spiro atoms. The Bertz CT molecular complexity index is 185. The van der Waals surface area contributed by atoms with E-state index in [1.54, 1.807) is 0 Å². The minimum absolute atomic E-state index is 0.728. The van der Waals surface area contributed by atoms with Crippen LogP contribution in [0.5, 0.6) is 0 Å². The van der Waals surface area contributed by atoms with Crippen LogP contribution in [0.3, 0.4) is 0 Å². The van der Waals surface area contributed by atoms with Crippen molar-refractivity contribution in [2.45, 2.75) is 37.9 Å². The molecule has 82 valence electrons. The van der Waals surface area contributed by atoms with Crippen LogP contribution in [0.15, 0.2) is 0 Å². The molecule has 2 rings (SSSR count). The van der Waals surface area contributed by atoms with E-state index in [9.17, 15) is 0 Å². The second-order valence-corrected chi connectivity index (χ2v) is 5.14. The second-order valence-electron chi connectivity index (χ2n) is 5.14. The minimum atomic E-state index is 0.728. The van der Waals surface area contributed by atoms with Crippen LogP contribution in [-0.2, 0) is 0 Å². The number of likely N-dealkylation sites (N-methyl/N-ethyl adjacent to an activating group) is 2. The fourth-order valence-electron chi connectivity index (χ4n) is 2.72. The van der Waals surface area contributed by atoms with E-state index >= 15 is 0 Å². The highest BCUT2D eigenvalue weighted by Crippen LogP contribution is 2.17. The Labute approximate surface area is 87.4 Å². The summed E-state index contributed by atoms with van der Waals surface area (Å²) in [6, 6.07) is 2.22. The predicted molar refractivity (Wildman–Crippen MR) is 59.5 cm³/mol. The highest BCUT2D eigenvalue weighted by Gasteiger charge is 2.29. The van der Waals surface area contributed by atoms with Gasteiger partial charge in [-0.15, -0.1) is 0 Å². The Kier molecular flexibility index (Phi) is 3.10. The van der Waals surface area contributed by atoms with E-state index in [1.165, 1.54) is 32.5 Å². The molecule has 0 aromatic heterocycles. The van der Waals surface area contributed by atoms with Crippen molar-refractivity contribution in [2.24, 2.45) is 0 Å². The molecular formula is C11H23N3. The van der Waals surface area contributed by atoms with Crippen molar-refractivity contribution in [3.63, 3.8) is 0 Å². The summed E-state index contributed by atoms with van der Waals surface area (Å²) in [7, 11) is 4.44. The summed E-state index contributed by atoms with van der Waals surface area (Å²) in [5.74, 6) is 0. The summed E-state index contributed by atoms with van der Waals surface area (Å²) in [6.07, 6.45) is 2.64. The number of nitrogens with one attached hydrogen (secondary N) is 1. The van der Waals surface area contributed by atoms with E-state index in [2.05, 4.69) is 36.1 Å². The number of nitrogens with zero attached hydrogens (tertiary/aromatic N) is 2. The molecule has 2 aliphatic heterocycles. The van der Waals surface area contributed by atoms with E-state index < -0.39 is 0 Å². The Morgan fingerprint density at radius 3 is 2.43 bits per heavy atom. The molecule has 2 fully saturated rings. The third kappa shape index (κ3) is 2.27. The van der Waals surface area contributed by atoms with Gasteiger partial charge in [-0.05, 0) is 40.4 Å². The molecule has 0 amide bonds. The summed E-state index contributed by atoms with van der Waals surface area (Å²) in [5, 5.41) is 3.79. The summed E-state index contributed by atoms with van der Waals surface area (Å²) in [5.41, 5.74) is 0. The van der Waals surface area contributed by atoms with Crippen LogP contribution in [0, 0.1) is 0 Å². The molecule has 0 radical (unpaired) electrons. The van der Waals surface area contributed by atoms with Gasteiger partial charge in [-0.2, -0.15) is 0 Å². The van der Waals surface area contributed by atoms with Gasteiger partial charge < -0.3 is 15.1 Å². The lowest BCUT2D eigenvalue weighted by Gasteiger charge is -2.18. The van der Waals surface area contributed by atoms with Crippen molar-refractivity contribution in [3.8, 4) is 0 Å². The molecule has 2 saturated heterocycles. The fourth-order valence-corrected chi connectivity index (χ4v) is 2.72. The monoisotopic (exact) mass is 197 g/mol. The maximum Gasteiger partial charge on any atom is 0.0212 e.